The first-order valence-electron chi connectivity index (χ1n) is 8.06. The number of aryl methyl sites for hydroxylation is 3. The fourth-order valence-electron chi connectivity index (χ4n) is 3.25. The lowest BCUT2D eigenvalue weighted by Gasteiger charge is -2.29. The van der Waals surface area contributed by atoms with Crippen LogP contribution in [0.4, 0.5) is 0 Å². The van der Waals surface area contributed by atoms with Crippen molar-refractivity contribution in [3.63, 3.8) is 0 Å². The zero-order chi connectivity index (χ0) is 16.9. The van der Waals surface area contributed by atoms with E-state index in [1.54, 1.807) is 0 Å². The molecule has 1 atom stereocenters. The Morgan fingerprint density at radius 3 is 2.17 bits per heavy atom. The third-order valence-corrected chi connectivity index (χ3v) is 6.90. The summed E-state index contributed by atoms with van der Waals surface area (Å²) in [6.07, 6.45) is 0. The van der Waals surface area contributed by atoms with Gasteiger partial charge in [-0.1, -0.05) is 47.0 Å². The lowest BCUT2D eigenvalue weighted by molar-refractivity contribution is 0.501. The second-order valence-electron chi connectivity index (χ2n) is 6.50. The molecule has 0 saturated heterocycles. The second-order valence-corrected chi connectivity index (χ2v) is 8.79. The quantitative estimate of drug-likeness (QED) is 0.592. The minimum absolute atomic E-state index is 0.698. The Morgan fingerprint density at radius 1 is 0.750 bits per heavy atom. The van der Waals surface area contributed by atoms with Gasteiger partial charge in [-0.2, -0.15) is 0 Å². The van der Waals surface area contributed by atoms with Gasteiger partial charge in [0.15, 0.2) is 0 Å². The van der Waals surface area contributed by atoms with Crippen molar-refractivity contribution in [1.82, 2.24) is 0 Å². The molecule has 0 N–H and O–H groups in total. The minimum atomic E-state index is -3.15. The van der Waals surface area contributed by atoms with E-state index in [-0.39, 0.29) is 0 Å². The lowest BCUT2D eigenvalue weighted by Crippen LogP contribution is -2.25. The smallest absolute Gasteiger partial charge is 0.307 e. The summed E-state index contributed by atoms with van der Waals surface area (Å²) in [6.45, 7) is 6.13. The average Bonchev–Trinajstić information content (AvgIpc) is 2.56. The van der Waals surface area contributed by atoms with Gasteiger partial charge in [0.25, 0.3) is 0 Å². The molecule has 1 aliphatic heterocycles. The number of hydrogen-bond donors (Lipinski definition) is 0. The average molecular weight is 334 g/mol. The van der Waals surface area contributed by atoms with Crippen LogP contribution in [-0.2, 0) is 4.57 Å². The highest BCUT2D eigenvalue weighted by Crippen LogP contribution is 2.54. The molecule has 3 aromatic carbocycles. The van der Waals surface area contributed by atoms with Crippen LogP contribution in [0.25, 0.3) is 11.1 Å². The van der Waals surface area contributed by atoms with Gasteiger partial charge in [-0.25, -0.2) is 0 Å². The molecule has 0 spiro atoms. The van der Waals surface area contributed by atoms with E-state index >= 15 is 0 Å². The molecule has 24 heavy (non-hydrogen) atoms. The molecule has 0 amide bonds. The van der Waals surface area contributed by atoms with Crippen LogP contribution in [0.1, 0.15) is 16.7 Å². The van der Waals surface area contributed by atoms with E-state index in [2.05, 4.69) is 26.0 Å². The van der Waals surface area contributed by atoms with Crippen LogP contribution in [0.3, 0.4) is 0 Å². The molecule has 1 unspecified atom stereocenters. The fraction of sp³-hybridized carbons (Fsp3) is 0.143. The van der Waals surface area contributed by atoms with Crippen molar-refractivity contribution in [2.75, 3.05) is 0 Å². The first kappa shape index (κ1) is 15.2. The Hall–Kier alpha value is -2.31. The first-order valence-corrected chi connectivity index (χ1v) is 9.69. The van der Waals surface area contributed by atoms with Crippen molar-refractivity contribution in [2.24, 2.45) is 0 Å². The maximum atomic E-state index is 13.9. The third-order valence-electron chi connectivity index (χ3n) is 4.46. The van der Waals surface area contributed by atoms with Crippen molar-refractivity contribution in [3.05, 3.63) is 77.4 Å². The largest absolute Gasteiger partial charge is 0.436 e. The van der Waals surface area contributed by atoms with Gasteiger partial charge in [-0.3, -0.25) is 4.57 Å². The molecule has 4 rings (SSSR count). The van der Waals surface area contributed by atoms with Crippen LogP contribution in [0.15, 0.2) is 60.7 Å². The van der Waals surface area contributed by atoms with Crippen molar-refractivity contribution >= 4 is 18.0 Å². The monoisotopic (exact) mass is 334 g/mol. The summed E-state index contributed by atoms with van der Waals surface area (Å²) < 4.78 is 20.1. The first-order chi connectivity index (χ1) is 11.5. The molecule has 1 aliphatic rings. The molecule has 0 aliphatic carbocycles. The highest BCUT2D eigenvalue weighted by Gasteiger charge is 2.37. The van der Waals surface area contributed by atoms with Gasteiger partial charge in [0.2, 0.25) is 0 Å². The molecule has 120 valence electrons. The number of benzene rings is 3. The predicted molar refractivity (Wildman–Crippen MR) is 100 cm³/mol. The molecule has 1 heterocycles. The molecular formula is C21H19O2P. The van der Waals surface area contributed by atoms with Crippen LogP contribution < -0.4 is 15.1 Å². The minimum Gasteiger partial charge on any atom is -0.436 e. The molecule has 3 aromatic rings. The van der Waals surface area contributed by atoms with Crippen molar-refractivity contribution in [1.29, 1.82) is 0 Å². The maximum absolute atomic E-state index is 13.9. The Balaban J connectivity index is 2.03. The Labute approximate surface area is 142 Å². The zero-order valence-corrected chi connectivity index (χ0v) is 14.9. The van der Waals surface area contributed by atoms with Gasteiger partial charge >= 0.3 is 7.37 Å². The number of fused-ring (bicyclic) bond motifs is 3. The van der Waals surface area contributed by atoms with Crippen molar-refractivity contribution < 1.29 is 9.09 Å². The highest BCUT2D eigenvalue weighted by molar-refractivity contribution is 7.75. The molecule has 2 nitrogen and oxygen atoms in total. The summed E-state index contributed by atoms with van der Waals surface area (Å²) >= 11 is 0. The van der Waals surface area contributed by atoms with E-state index in [0.717, 1.165) is 38.4 Å². The Bertz CT molecular complexity index is 1000. The molecular weight excluding hydrogens is 315 g/mol. The van der Waals surface area contributed by atoms with Gasteiger partial charge in [-0.05, 0) is 51.1 Å². The fourth-order valence-corrected chi connectivity index (χ4v) is 5.59. The van der Waals surface area contributed by atoms with Gasteiger partial charge in [0.05, 0.1) is 10.6 Å². The Kier molecular flexibility index (Phi) is 3.40. The van der Waals surface area contributed by atoms with Gasteiger partial charge in [-0.15, -0.1) is 0 Å². The number of rotatable bonds is 1. The highest BCUT2D eigenvalue weighted by atomic mass is 31.2. The summed E-state index contributed by atoms with van der Waals surface area (Å²) in [6, 6.07) is 19.9. The van der Waals surface area contributed by atoms with E-state index in [9.17, 15) is 4.57 Å². The maximum Gasteiger partial charge on any atom is 0.307 e. The number of hydrogen-bond acceptors (Lipinski definition) is 2. The molecule has 0 bridgehead atoms. The van der Waals surface area contributed by atoms with Crippen LogP contribution in [-0.4, -0.2) is 0 Å². The van der Waals surface area contributed by atoms with E-state index in [0.29, 0.717) is 5.75 Å². The standard InChI is InChI=1S/C21H19O2P/c1-14-5-4-6-17(11-14)24(22)21-10-8-16(3)13-19(21)18-12-15(2)7-9-20(18)23-24/h4-13H,1-3H3. The van der Waals surface area contributed by atoms with E-state index in [4.69, 9.17) is 4.52 Å². The topological polar surface area (TPSA) is 26.3 Å². The van der Waals surface area contributed by atoms with Crippen LogP contribution in [0, 0.1) is 20.8 Å². The van der Waals surface area contributed by atoms with E-state index in [1.807, 2.05) is 55.5 Å². The third kappa shape index (κ3) is 2.30. The molecule has 3 heteroatoms. The molecule has 0 saturated carbocycles. The molecule has 0 aromatic heterocycles. The summed E-state index contributed by atoms with van der Waals surface area (Å²) in [5.74, 6) is 0.698. The second kappa shape index (κ2) is 5.36. The lowest BCUT2D eigenvalue weighted by atomic mass is 10.0. The van der Waals surface area contributed by atoms with Gasteiger partial charge in [0.1, 0.15) is 5.75 Å². The van der Waals surface area contributed by atoms with Crippen molar-refractivity contribution in [2.45, 2.75) is 20.8 Å². The Morgan fingerprint density at radius 2 is 1.42 bits per heavy atom. The molecule has 0 fully saturated rings. The van der Waals surface area contributed by atoms with Gasteiger partial charge in [0, 0.05) is 11.1 Å². The van der Waals surface area contributed by atoms with Crippen molar-refractivity contribution in [3.8, 4) is 16.9 Å². The summed E-state index contributed by atoms with van der Waals surface area (Å²) in [5, 5.41) is 1.54. The summed E-state index contributed by atoms with van der Waals surface area (Å²) in [5.41, 5.74) is 5.43. The zero-order valence-electron chi connectivity index (χ0n) is 14.0. The van der Waals surface area contributed by atoms with Gasteiger partial charge < -0.3 is 4.52 Å². The summed E-state index contributed by atoms with van der Waals surface area (Å²) in [7, 11) is -3.15. The summed E-state index contributed by atoms with van der Waals surface area (Å²) in [4.78, 5) is 0. The molecule has 0 radical (unpaired) electrons. The van der Waals surface area contributed by atoms with E-state index < -0.39 is 7.37 Å². The van der Waals surface area contributed by atoms with Crippen LogP contribution >= 0.6 is 7.37 Å². The van der Waals surface area contributed by atoms with Crippen LogP contribution in [0.5, 0.6) is 5.75 Å². The van der Waals surface area contributed by atoms with Crippen LogP contribution in [0.2, 0.25) is 0 Å². The normalized spacial score (nSPS) is 18.5. The predicted octanol–water partition coefficient (Wildman–Crippen LogP) is 4.90. The SMILES string of the molecule is Cc1cccc(P2(=O)Oc3ccc(C)cc3-c3cc(C)ccc32)c1. The van der Waals surface area contributed by atoms with E-state index in [1.165, 1.54) is 0 Å².